The fourth-order valence-electron chi connectivity index (χ4n) is 1.84. The van der Waals surface area contributed by atoms with Crippen molar-refractivity contribution in [3.63, 3.8) is 0 Å². The predicted octanol–water partition coefficient (Wildman–Crippen LogP) is 1.32. The third kappa shape index (κ3) is 2.57. The lowest BCUT2D eigenvalue weighted by Gasteiger charge is -2.35. The molecule has 90 valence electrons. The molecular weight excluding hydrogens is 216 g/mol. The van der Waals surface area contributed by atoms with Crippen molar-refractivity contribution in [3.8, 4) is 11.8 Å². The van der Waals surface area contributed by atoms with Gasteiger partial charge in [0.25, 0.3) is 0 Å². The summed E-state index contributed by atoms with van der Waals surface area (Å²) in [5, 5.41) is 12.3. The standard InChI is InChI=1S/C13H16N2O2/c1-16-12-5-3-2-4-11(12)6-15-8-13(7-14)9-17-10-13/h2-5,15H,6,8-10H2,1H3. The summed E-state index contributed by atoms with van der Waals surface area (Å²) < 4.78 is 10.4. The molecule has 0 aliphatic carbocycles. The maximum Gasteiger partial charge on any atom is 0.123 e. The Morgan fingerprint density at radius 1 is 1.47 bits per heavy atom. The lowest BCUT2D eigenvalue weighted by Crippen LogP contribution is -2.48. The second-order valence-electron chi connectivity index (χ2n) is 4.30. The summed E-state index contributed by atoms with van der Waals surface area (Å²) in [7, 11) is 1.66. The first kappa shape index (κ1) is 11.9. The SMILES string of the molecule is COc1ccccc1CNCC1(C#N)COC1. The molecule has 2 rings (SSSR count). The van der Waals surface area contributed by atoms with E-state index in [1.807, 2.05) is 24.3 Å². The van der Waals surface area contributed by atoms with E-state index < -0.39 is 0 Å². The predicted molar refractivity (Wildman–Crippen MR) is 63.6 cm³/mol. The summed E-state index contributed by atoms with van der Waals surface area (Å²) in [5.41, 5.74) is 0.769. The molecule has 1 aromatic rings. The Balaban J connectivity index is 1.88. The first-order chi connectivity index (χ1) is 8.29. The molecule has 0 saturated carbocycles. The van der Waals surface area contributed by atoms with Crippen LogP contribution in [0.1, 0.15) is 5.56 Å². The number of nitrogens with zero attached hydrogens (tertiary/aromatic N) is 1. The van der Waals surface area contributed by atoms with E-state index in [0.29, 0.717) is 26.3 Å². The van der Waals surface area contributed by atoms with Crippen LogP contribution in [0.25, 0.3) is 0 Å². The van der Waals surface area contributed by atoms with Gasteiger partial charge in [-0.3, -0.25) is 0 Å². The van der Waals surface area contributed by atoms with Crippen molar-refractivity contribution in [1.82, 2.24) is 5.32 Å². The van der Waals surface area contributed by atoms with Crippen molar-refractivity contribution in [2.24, 2.45) is 5.41 Å². The Morgan fingerprint density at radius 2 is 2.24 bits per heavy atom. The van der Waals surface area contributed by atoms with Crippen molar-refractivity contribution >= 4 is 0 Å². The average molecular weight is 232 g/mol. The molecule has 1 heterocycles. The van der Waals surface area contributed by atoms with Crippen LogP contribution in [0.4, 0.5) is 0 Å². The van der Waals surface area contributed by atoms with Gasteiger partial charge < -0.3 is 14.8 Å². The summed E-state index contributed by atoms with van der Waals surface area (Å²) >= 11 is 0. The zero-order valence-electron chi connectivity index (χ0n) is 9.90. The van der Waals surface area contributed by atoms with Crippen molar-refractivity contribution in [2.75, 3.05) is 26.9 Å². The molecule has 4 heteroatoms. The minimum atomic E-state index is -0.331. The molecule has 0 amide bonds. The van der Waals surface area contributed by atoms with Gasteiger partial charge in [0.05, 0.1) is 26.4 Å². The molecule has 0 bridgehead atoms. The van der Waals surface area contributed by atoms with Crippen LogP contribution in [0.5, 0.6) is 5.75 Å². The van der Waals surface area contributed by atoms with Crippen molar-refractivity contribution in [1.29, 1.82) is 5.26 Å². The van der Waals surface area contributed by atoms with E-state index in [1.165, 1.54) is 0 Å². The minimum absolute atomic E-state index is 0.331. The Morgan fingerprint density at radius 3 is 2.82 bits per heavy atom. The van der Waals surface area contributed by atoms with E-state index in [9.17, 15) is 0 Å². The molecule has 0 aromatic heterocycles. The number of ether oxygens (including phenoxy) is 2. The van der Waals surface area contributed by atoms with E-state index in [0.717, 1.165) is 11.3 Å². The van der Waals surface area contributed by atoms with Gasteiger partial charge in [-0.1, -0.05) is 18.2 Å². The summed E-state index contributed by atoms with van der Waals surface area (Å²) in [5.74, 6) is 0.871. The van der Waals surface area contributed by atoms with Crippen LogP contribution < -0.4 is 10.1 Å². The van der Waals surface area contributed by atoms with Crippen LogP contribution >= 0.6 is 0 Å². The third-order valence-corrected chi connectivity index (χ3v) is 2.97. The largest absolute Gasteiger partial charge is 0.496 e. The summed E-state index contributed by atoms with van der Waals surface area (Å²) in [6, 6.07) is 10.2. The van der Waals surface area contributed by atoms with Crippen LogP contribution in [0.2, 0.25) is 0 Å². The van der Waals surface area contributed by atoms with Crippen LogP contribution in [0.3, 0.4) is 0 Å². The van der Waals surface area contributed by atoms with Gasteiger partial charge >= 0.3 is 0 Å². The average Bonchev–Trinajstić information content (AvgIpc) is 2.33. The van der Waals surface area contributed by atoms with Gasteiger partial charge in [0, 0.05) is 18.7 Å². The van der Waals surface area contributed by atoms with Gasteiger partial charge in [-0.2, -0.15) is 5.26 Å². The molecule has 0 spiro atoms. The third-order valence-electron chi connectivity index (χ3n) is 2.97. The van der Waals surface area contributed by atoms with Crippen LogP contribution in [0.15, 0.2) is 24.3 Å². The highest BCUT2D eigenvalue weighted by Crippen LogP contribution is 2.25. The monoisotopic (exact) mass is 232 g/mol. The van der Waals surface area contributed by atoms with Gasteiger partial charge in [0.2, 0.25) is 0 Å². The topological polar surface area (TPSA) is 54.3 Å². The number of rotatable bonds is 5. The van der Waals surface area contributed by atoms with Crippen molar-refractivity contribution in [2.45, 2.75) is 6.54 Å². The van der Waals surface area contributed by atoms with Gasteiger partial charge in [0.15, 0.2) is 0 Å². The number of nitriles is 1. The molecule has 1 aliphatic rings. The van der Waals surface area contributed by atoms with E-state index in [2.05, 4.69) is 11.4 Å². The number of nitrogens with one attached hydrogen (secondary N) is 1. The molecule has 1 aromatic carbocycles. The second-order valence-corrected chi connectivity index (χ2v) is 4.30. The second kappa shape index (κ2) is 5.17. The molecule has 0 atom stereocenters. The molecule has 1 saturated heterocycles. The van der Waals surface area contributed by atoms with Gasteiger partial charge in [-0.15, -0.1) is 0 Å². The smallest absolute Gasteiger partial charge is 0.123 e. The first-order valence-corrected chi connectivity index (χ1v) is 5.61. The summed E-state index contributed by atoms with van der Waals surface area (Å²) in [6.45, 7) is 2.42. The van der Waals surface area contributed by atoms with E-state index in [4.69, 9.17) is 14.7 Å². The fraction of sp³-hybridized carbons (Fsp3) is 0.462. The summed E-state index contributed by atoms with van der Waals surface area (Å²) in [4.78, 5) is 0. The van der Waals surface area contributed by atoms with Gasteiger partial charge in [-0.05, 0) is 6.07 Å². The maximum atomic E-state index is 9.04. The number of para-hydroxylation sites is 1. The molecule has 0 unspecified atom stereocenters. The Labute approximate surface area is 101 Å². The molecule has 1 aliphatic heterocycles. The molecule has 17 heavy (non-hydrogen) atoms. The minimum Gasteiger partial charge on any atom is -0.496 e. The van der Waals surface area contributed by atoms with Crippen molar-refractivity contribution < 1.29 is 9.47 Å². The van der Waals surface area contributed by atoms with Gasteiger partial charge in [-0.25, -0.2) is 0 Å². The maximum absolute atomic E-state index is 9.04. The molecule has 1 fully saturated rings. The van der Waals surface area contributed by atoms with Crippen molar-refractivity contribution in [3.05, 3.63) is 29.8 Å². The van der Waals surface area contributed by atoms with Crippen LogP contribution in [-0.2, 0) is 11.3 Å². The number of methoxy groups -OCH3 is 1. The highest BCUT2D eigenvalue weighted by atomic mass is 16.5. The number of hydrogen-bond donors (Lipinski definition) is 1. The Bertz CT molecular complexity index is 422. The lowest BCUT2D eigenvalue weighted by molar-refractivity contribution is -0.0755. The zero-order valence-corrected chi connectivity index (χ0v) is 9.90. The van der Waals surface area contributed by atoms with Crippen LogP contribution in [0, 0.1) is 16.7 Å². The fourth-order valence-corrected chi connectivity index (χ4v) is 1.84. The highest BCUT2D eigenvalue weighted by Gasteiger charge is 2.38. The zero-order chi connectivity index (χ0) is 12.1. The Kier molecular flexibility index (Phi) is 3.62. The molecule has 4 nitrogen and oxygen atoms in total. The van der Waals surface area contributed by atoms with E-state index >= 15 is 0 Å². The highest BCUT2D eigenvalue weighted by molar-refractivity contribution is 5.33. The number of benzene rings is 1. The van der Waals surface area contributed by atoms with Gasteiger partial charge in [0.1, 0.15) is 11.2 Å². The molecule has 0 radical (unpaired) electrons. The van der Waals surface area contributed by atoms with E-state index in [-0.39, 0.29) is 5.41 Å². The Hall–Kier alpha value is -1.57. The van der Waals surface area contributed by atoms with E-state index in [1.54, 1.807) is 7.11 Å². The lowest BCUT2D eigenvalue weighted by atomic mass is 9.88. The van der Waals surface area contributed by atoms with Crippen LogP contribution in [-0.4, -0.2) is 26.9 Å². The number of hydrogen-bond acceptors (Lipinski definition) is 4. The summed E-state index contributed by atoms with van der Waals surface area (Å²) in [6.07, 6.45) is 0. The molecule has 1 N–H and O–H groups in total. The first-order valence-electron chi connectivity index (χ1n) is 5.61. The quantitative estimate of drug-likeness (QED) is 0.832. The normalized spacial score (nSPS) is 16.9. The molecular formula is C13H16N2O2.